The fourth-order valence-electron chi connectivity index (χ4n) is 2.20. The van der Waals surface area contributed by atoms with Crippen molar-refractivity contribution in [3.8, 4) is 11.5 Å². The molecule has 5 heteroatoms. The first-order chi connectivity index (χ1) is 9.61. The first kappa shape index (κ1) is 14.9. The van der Waals surface area contributed by atoms with E-state index >= 15 is 0 Å². The third kappa shape index (κ3) is 4.25. The summed E-state index contributed by atoms with van der Waals surface area (Å²) in [5, 5.41) is 3.21. The molecule has 112 valence electrons. The van der Waals surface area contributed by atoms with Gasteiger partial charge in [-0.2, -0.15) is 0 Å². The van der Waals surface area contributed by atoms with E-state index in [9.17, 15) is 8.78 Å². The maximum Gasteiger partial charge on any atom is 0.586 e. The van der Waals surface area contributed by atoms with Gasteiger partial charge in [0.2, 0.25) is 0 Å². The molecule has 0 bridgehead atoms. The van der Waals surface area contributed by atoms with Crippen LogP contribution in [-0.2, 0) is 0 Å². The van der Waals surface area contributed by atoms with Crippen LogP contribution >= 0.6 is 0 Å². The summed E-state index contributed by atoms with van der Waals surface area (Å²) in [7, 11) is 0. The molecule has 0 saturated heterocycles. The predicted molar refractivity (Wildman–Crippen MR) is 74.5 cm³/mol. The van der Waals surface area contributed by atoms with Crippen molar-refractivity contribution in [2.75, 3.05) is 11.9 Å². The number of hydrogen-bond acceptors (Lipinski definition) is 3. The lowest BCUT2D eigenvalue weighted by Gasteiger charge is -2.07. The van der Waals surface area contributed by atoms with Gasteiger partial charge < -0.3 is 14.8 Å². The molecule has 0 saturated carbocycles. The molecule has 1 aliphatic heterocycles. The molecule has 0 aliphatic carbocycles. The molecule has 1 aromatic rings. The van der Waals surface area contributed by atoms with E-state index in [0.29, 0.717) is 0 Å². The van der Waals surface area contributed by atoms with Gasteiger partial charge in [-0.3, -0.25) is 0 Å². The smallest absolute Gasteiger partial charge is 0.395 e. The highest BCUT2D eigenvalue weighted by Crippen LogP contribution is 2.42. The van der Waals surface area contributed by atoms with Gasteiger partial charge in [-0.15, -0.1) is 8.78 Å². The van der Waals surface area contributed by atoms with Crippen molar-refractivity contribution in [3.05, 3.63) is 18.2 Å². The first-order valence-corrected chi connectivity index (χ1v) is 7.24. The normalized spacial score (nSPS) is 15.3. The summed E-state index contributed by atoms with van der Waals surface area (Å²) in [6.07, 6.45) is 3.81. The van der Waals surface area contributed by atoms with Crippen LogP contribution in [0.4, 0.5) is 14.5 Å². The third-order valence-corrected chi connectivity index (χ3v) is 3.26. The molecule has 0 spiro atoms. The van der Waals surface area contributed by atoms with Gasteiger partial charge in [-0.05, 0) is 18.6 Å². The Labute approximate surface area is 118 Å². The molecule has 20 heavy (non-hydrogen) atoms. The lowest BCUT2D eigenvalue weighted by atomic mass is 10.1. The SMILES string of the molecule is CCCCCCCCNc1ccc2c(c1)OC(F)(F)O2. The average Bonchev–Trinajstić information content (AvgIpc) is 2.71. The summed E-state index contributed by atoms with van der Waals surface area (Å²) in [6, 6.07) is 4.77. The van der Waals surface area contributed by atoms with E-state index < -0.39 is 6.29 Å². The maximum absolute atomic E-state index is 12.9. The Morgan fingerprint density at radius 3 is 2.50 bits per heavy atom. The van der Waals surface area contributed by atoms with Gasteiger partial charge in [0.25, 0.3) is 0 Å². The number of rotatable bonds is 8. The van der Waals surface area contributed by atoms with Crippen LogP contribution in [0.25, 0.3) is 0 Å². The van der Waals surface area contributed by atoms with E-state index in [4.69, 9.17) is 0 Å². The van der Waals surface area contributed by atoms with E-state index in [-0.39, 0.29) is 11.5 Å². The number of fused-ring (bicyclic) bond motifs is 1. The van der Waals surface area contributed by atoms with Crippen molar-refractivity contribution in [2.45, 2.75) is 51.7 Å². The molecule has 2 rings (SSSR count). The molecule has 3 nitrogen and oxygen atoms in total. The minimum absolute atomic E-state index is 0.0834. The fourth-order valence-corrected chi connectivity index (χ4v) is 2.20. The number of halogens is 2. The number of nitrogens with one attached hydrogen (secondary N) is 1. The van der Waals surface area contributed by atoms with Gasteiger partial charge in [0.05, 0.1) is 0 Å². The van der Waals surface area contributed by atoms with E-state index in [0.717, 1.165) is 18.7 Å². The van der Waals surface area contributed by atoms with Gasteiger partial charge in [-0.25, -0.2) is 0 Å². The molecular weight excluding hydrogens is 264 g/mol. The molecule has 0 atom stereocenters. The molecule has 0 amide bonds. The van der Waals surface area contributed by atoms with Crippen molar-refractivity contribution in [1.29, 1.82) is 0 Å². The Balaban J connectivity index is 1.70. The fraction of sp³-hybridized carbons (Fsp3) is 0.600. The van der Waals surface area contributed by atoms with Crippen molar-refractivity contribution in [1.82, 2.24) is 0 Å². The second-order valence-electron chi connectivity index (χ2n) is 5.02. The zero-order valence-corrected chi connectivity index (χ0v) is 11.8. The highest BCUT2D eigenvalue weighted by Gasteiger charge is 2.43. The number of alkyl halides is 2. The lowest BCUT2D eigenvalue weighted by Crippen LogP contribution is -2.25. The molecular formula is C15H21F2NO2. The molecule has 0 unspecified atom stereocenters. The van der Waals surface area contributed by atoms with Crippen molar-refractivity contribution >= 4 is 5.69 Å². The minimum Gasteiger partial charge on any atom is -0.395 e. The molecule has 1 aromatic carbocycles. The summed E-state index contributed by atoms with van der Waals surface area (Å²) < 4.78 is 34.5. The van der Waals surface area contributed by atoms with Crippen LogP contribution in [0.3, 0.4) is 0 Å². The Morgan fingerprint density at radius 2 is 1.70 bits per heavy atom. The summed E-state index contributed by atoms with van der Waals surface area (Å²) in [4.78, 5) is 0. The summed E-state index contributed by atoms with van der Waals surface area (Å²) >= 11 is 0. The second kappa shape index (κ2) is 6.77. The van der Waals surface area contributed by atoms with Gasteiger partial charge in [0, 0.05) is 18.3 Å². The molecule has 0 aromatic heterocycles. The first-order valence-electron chi connectivity index (χ1n) is 7.24. The highest BCUT2D eigenvalue weighted by atomic mass is 19.3. The van der Waals surface area contributed by atoms with Crippen molar-refractivity contribution in [2.24, 2.45) is 0 Å². The van der Waals surface area contributed by atoms with Gasteiger partial charge in [0.15, 0.2) is 11.5 Å². The van der Waals surface area contributed by atoms with Crippen LogP contribution < -0.4 is 14.8 Å². The second-order valence-corrected chi connectivity index (χ2v) is 5.02. The van der Waals surface area contributed by atoms with Crippen LogP contribution in [0.15, 0.2) is 18.2 Å². The monoisotopic (exact) mass is 285 g/mol. The van der Waals surface area contributed by atoms with Crippen molar-refractivity contribution in [3.63, 3.8) is 0 Å². The maximum atomic E-state index is 12.9. The van der Waals surface area contributed by atoms with Crippen LogP contribution in [-0.4, -0.2) is 12.8 Å². The molecule has 1 aliphatic rings. The van der Waals surface area contributed by atoms with Crippen molar-refractivity contribution < 1.29 is 18.3 Å². The van der Waals surface area contributed by atoms with Crippen LogP contribution in [0.1, 0.15) is 45.4 Å². The molecule has 1 heterocycles. The zero-order chi connectivity index (χ0) is 14.4. The summed E-state index contributed by atoms with van der Waals surface area (Å²) in [5.74, 6) is 0.170. The van der Waals surface area contributed by atoms with Gasteiger partial charge in [-0.1, -0.05) is 39.0 Å². The van der Waals surface area contributed by atoms with E-state index in [1.807, 2.05) is 0 Å². The zero-order valence-electron chi connectivity index (χ0n) is 11.8. The Kier molecular flexibility index (Phi) is 5.04. The predicted octanol–water partition coefficient (Wildman–Crippen LogP) is 4.78. The molecule has 1 N–H and O–H groups in total. The van der Waals surface area contributed by atoms with E-state index in [1.165, 1.54) is 38.2 Å². The highest BCUT2D eigenvalue weighted by molar-refractivity contribution is 5.55. The number of anilines is 1. The Hall–Kier alpha value is -1.52. The largest absolute Gasteiger partial charge is 0.586 e. The Bertz CT molecular complexity index is 438. The standard InChI is InChI=1S/C15H21F2NO2/c1-2-3-4-5-6-7-10-18-12-8-9-13-14(11-12)20-15(16,17)19-13/h8-9,11,18H,2-7,10H2,1H3. The van der Waals surface area contributed by atoms with Crippen LogP contribution in [0.5, 0.6) is 11.5 Å². The molecule has 0 radical (unpaired) electrons. The third-order valence-electron chi connectivity index (χ3n) is 3.26. The van der Waals surface area contributed by atoms with Crippen LogP contribution in [0, 0.1) is 0 Å². The van der Waals surface area contributed by atoms with Gasteiger partial charge >= 0.3 is 6.29 Å². The van der Waals surface area contributed by atoms with E-state index in [2.05, 4.69) is 21.7 Å². The Morgan fingerprint density at radius 1 is 1.00 bits per heavy atom. The number of unbranched alkanes of at least 4 members (excludes halogenated alkanes) is 5. The topological polar surface area (TPSA) is 30.5 Å². The molecule has 0 fully saturated rings. The summed E-state index contributed by atoms with van der Waals surface area (Å²) in [5.41, 5.74) is 0.776. The van der Waals surface area contributed by atoms with E-state index in [1.54, 1.807) is 12.1 Å². The number of hydrogen-bond donors (Lipinski definition) is 1. The summed E-state index contributed by atoms with van der Waals surface area (Å²) in [6.45, 7) is 3.03. The number of ether oxygens (including phenoxy) is 2. The van der Waals surface area contributed by atoms with Crippen LogP contribution in [0.2, 0.25) is 0 Å². The number of benzene rings is 1. The quantitative estimate of drug-likeness (QED) is 0.697. The lowest BCUT2D eigenvalue weighted by molar-refractivity contribution is -0.286. The minimum atomic E-state index is -3.54. The van der Waals surface area contributed by atoms with Gasteiger partial charge in [0.1, 0.15) is 0 Å². The average molecular weight is 285 g/mol.